The van der Waals surface area contributed by atoms with Crippen molar-refractivity contribution >= 4 is 0 Å². The Morgan fingerprint density at radius 1 is 1.18 bits per heavy atom. The first-order valence-electron chi connectivity index (χ1n) is 5.85. The summed E-state index contributed by atoms with van der Waals surface area (Å²) in [6, 6.07) is 3.70. The topological polar surface area (TPSA) is 32.3 Å². The maximum absolute atomic E-state index is 13.8. The summed E-state index contributed by atoms with van der Waals surface area (Å²) in [7, 11) is 0. The summed E-state index contributed by atoms with van der Waals surface area (Å²) in [4.78, 5) is 0. The molecule has 0 unspecified atom stereocenters. The molecule has 1 heterocycles. The van der Waals surface area contributed by atoms with Crippen molar-refractivity contribution in [1.29, 1.82) is 0 Å². The SMILES string of the molecule is C[C@@H]1CNC[C@H](C)[C@@]1(O)c1c(F)cccc1F. The normalized spacial score (nSPS) is 33.7. The van der Waals surface area contributed by atoms with Gasteiger partial charge >= 0.3 is 0 Å². The van der Waals surface area contributed by atoms with Gasteiger partial charge in [-0.05, 0) is 12.1 Å². The van der Waals surface area contributed by atoms with Crippen LogP contribution in [0, 0.1) is 23.5 Å². The second-order valence-corrected chi connectivity index (χ2v) is 4.88. The van der Waals surface area contributed by atoms with E-state index in [0.717, 1.165) is 0 Å². The first kappa shape index (κ1) is 12.5. The predicted molar refractivity (Wildman–Crippen MR) is 61.5 cm³/mol. The number of nitrogens with one attached hydrogen (secondary N) is 1. The third-order valence-electron chi connectivity index (χ3n) is 3.77. The smallest absolute Gasteiger partial charge is 0.132 e. The number of halogens is 2. The maximum Gasteiger partial charge on any atom is 0.132 e. The molecule has 1 aromatic carbocycles. The van der Waals surface area contributed by atoms with E-state index in [4.69, 9.17) is 0 Å². The molecule has 17 heavy (non-hydrogen) atoms. The molecule has 4 heteroatoms. The van der Waals surface area contributed by atoms with Crippen LogP contribution in [0.3, 0.4) is 0 Å². The number of rotatable bonds is 1. The zero-order valence-corrected chi connectivity index (χ0v) is 10.0. The van der Waals surface area contributed by atoms with Crippen LogP contribution in [0.1, 0.15) is 19.4 Å². The number of benzene rings is 1. The fraction of sp³-hybridized carbons (Fsp3) is 0.538. The molecule has 2 N–H and O–H groups in total. The van der Waals surface area contributed by atoms with Crippen LogP contribution in [0.5, 0.6) is 0 Å². The second kappa shape index (κ2) is 4.35. The Kier molecular flexibility index (Phi) is 3.19. The summed E-state index contributed by atoms with van der Waals surface area (Å²) in [6.45, 7) is 4.70. The number of aliphatic hydroxyl groups is 1. The Hall–Kier alpha value is -1.00. The minimum Gasteiger partial charge on any atom is -0.384 e. The molecule has 3 atom stereocenters. The minimum atomic E-state index is -1.44. The van der Waals surface area contributed by atoms with Gasteiger partial charge in [-0.2, -0.15) is 0 Å². The molecular formula is C13H17F2NO. The van der Waals surface area contributed by atoms with E-state index in [9.17, 15) is 13.9 Å². The van der Waals surface area contributed by atoms with Gasteiger partial charge in [0.05, 0.1) is 5.56 Å². The van der Waals surface area contributed by atoms with Crippen LogP contribution in [0.4, 0.5) is 8.78 Å². The highest BCUT2D eigenvalue weighted by molar-refractivity contribution is 5.28. The van der Waals surface area contributed by atoms with Gasteiger partial charge in [0, 0.05) is 24.9 Å². The number of piperidine rings is 1. The standard InChI is InChI=1S/C13H17F2NO/c1-8-6-16-7-9(2)13(8,17)12-10(14)4-3-5-11(12)15/h3-5,8-9,16-17H,6-7H2,1-2H3/t8-,9+,13-. The van der Waals surface area contributed by atoms with Gasteiger partial charge in [0.15, 0.2) is 0 Å². The van der Waals surface area contributed by atoms with Gasteiger partial charge in [0.2, 0.25) is 0 Å². The highest BCUT2D eigenvalue weighted by atomic mass is 19.1. The van der Waals surface area contributed by atoms with Crippen LogP contribution in [-0.4, -0.2) is 18.2 Å². The van der Waals surface area contributed by atoms with Crippen LogP contribution >= 0.6 is 0 Å². The Morgan fingerprint density at radius 3 is 2.12 bits per heavy atom. The van der Waals surface area contributed by atoms with Crippen molar-refractivity contribution in [1.82, 2.24) is 5.32 Å². The maximum atomic E-state index is 13.8. The third-order valence-corrected chi connectivity index (χ3v) is 3.77. The average molecular weight is 241 g/mol. The largest absolute Gasteiger partial charge is 0.384 e. The quantitative estimate of drug-likeness (QED) is 0.788. The molecule has 1 aromatic rings. The van der Waals surface area contributed by atoms with Crippen LogP contribution in [0.2, 0.25) is 0 Å². The Labute approximate surface area is 99.7 Å². The van der Waals surface area contributed by atoms with Gasteiger partial charge in [0.25, 0.3) is 0 Å². The Morgan fingerprint density at radius 2 is 1.65 bits per heavy atom. The van der Waals surface area contributed by atoms with Crippen LogP contribution < -0.4 is 5.32 Å². The summed E-state index contributed by atoms with van der Waals surface area (Å²) in [5.41, 5.74) is -1.64. The lowest BCUT2D eigenvalue weighted by molar-refractivity contribution is -0.0856. The minimum absolute atomic E-state index is 0.193. The van der Waals surface area contributed by atoms with Gasteiger partial charge in [-0.1, -0.05) is 19.9 Å². The molecule has 0 amide bonds. The van der Waals surface area contributed by atoms with E-state index in [1.54, 1.807) is 13.8 Å². The molecule has 0 spiro atoms. The first-order chi connectivity index (χ1) is 7.98. The fourth-order valence-corrected chi connectivity index (χ4v) is 2.69. The highest BCUT2D eigenvalue weighted by Gasteiger charge is 2.46. The molecule has 94 valence electrons. The van der Waals surface area contributed by atoms with Crippen molar-refractivity contribution < 1.29 is 13.9 Å². The first-order valence-corrected chi connectivity index (χ1v) is 5.85. The second-order valence-electron chi connectivity index (χ2n) is 4.88. The molecule has 0 aliphatic carbocycles. The van der Waals surface area contributed by atoms with E-state index in [2.05, 4.69) is 5.32 Å². The highest BCUT2D eigenvalue weighted by Crippen LogP contribution is 2.41. The summed E-state index contributed by atoms with van der Waals surface area (Å²) < 4.78 is 27.6. The van der Waals surface area contributed by atoms with E-state index in [0.29, 0.717) is 13.1 Å². The summed E-state index contributed by atoms with van der Waals surface area (Å²) in [5, 5.41) is 13.9. The summed E-state index contributed by atoms with van der Waals surface area (Å²) >= 11 is 0. The number of hydrogen-bond acceptors (Lipinski definition) is 2. The molecule has 0 bridgehead atoms. The van der Waals surface area contributed by atoms with Crippen molar-refractivity contribution in [3.05, 3.63) is 35.4 Å². The lowest BCUT2D eigenvalue weighted by atomic mass is 9.71. The van der Waals surface area contributed by atoms with Gasteiger partial charge in [-0.3, -0.25) is 0 Å². The molecule has 0 radical (unpaired) electrons. The van der Waals surface area contributed by atoms with Crippen LogP contribution in [0.15, 0.2) is 18.2 Å². The van der Waals surface area contributed by atoms with Crippen LogP contribution in [-0.2, 0) is 5.60 Å². The van der Waals surface area contributed by atoms with Crippen molar-refractivity contribution in [2.45, 2.75) is 19.4 Å². The lowest BCUT2D eigenvalue weighted by Crippen LogP contribution is -2.53. The predicted octanol–water partition coefficient (Wildman–Crippen LogP) is 2.03. The van der Waals surface area contributed by atoms with Gasteiger partial charge in [-0.15, -0.1) is 0 Å². The zero-order valence-electron chi connectivity index (χ0n) is 10.0. The van der Waals surface area contributed by atoms with E-state index in [1.807, 2.05) is 0 Å². The summed E-state index contributed by atoms with van der Waals surface area (Å²) in [6.07, 6.45) is 0. The van der Waals surface area contributed by atoms with Crippen molar-refractivity contribution in [3.63, 3.8) is 0 Å². The molecule has 2 nitrogen and oxygen atoms in total. The van der Waals surface area contributed by atoms with E-state index in [1.165, 1.54) is 18.2 Å². The van der Waals surface area contributed by atoms with Gasteiger partial charge in [-0.25, -0.2) is 8.78 Å². The number of hydrogen-bond donors (Lipinski definition) is 2. The van der Waals surface area contributed by atoms with E-state index in [-0.39, 0.29) is 17.4 Å². The van der Waals surface area contributed by atoms with Crippen molar-refractivity contribution in [2.75, 3.05) is 13.1 Å². The molecule has 1 aliphatic heterocycles. The Bertz CT molecular complexity index is 392. The van der Waals surface area contributed by atoms with Crippen molar-refractivity contribution in [3.8, 4) is 0 Å². The van der Waals surface area contributed by atoms with Crippen molar-refractivity contribution in [2.24, 2.45) is 11.8 Å². The third kappa shape index (κ3) is 1.85. The lowest BCUT2D eigenvalue weighted by Gasteiger charge is -2.44. The molecule has 0 aromatic heterocycles. The molecular weight excluding hydrogens is 224 g/mol. The van der Waals surface area contributed by atoms with Gasteiger partial charge < -0.3 is 10.4 Å². The van der Waals surface area contributed by atoms with E-state index < -0.39 is 17.2 Å². The molecule has 1 saturated heterocycles. The average Bonchev–Trinajstić information content (AvgIpc) is 2.26. The molecule has 1 fully saturated rings. The van der Waals surface area contributed by atoms with E-state index >= 15 is 0 Å². The monoisotopic (exact) mass is 241 g/mol. The van der Waals surface area contributed by atoms with Crippen LogP contribution in [0.25, 0.3) is 0 Å². The zero-order chi connectivity index (χ0) is 12.6. The molecule has 0 saturated carbocycles. The molecule has 2 rings (SSSR count). The Balaban J connectivity index is 2.56. The fourth-order valence-electron chi connectivity index (χ4n) is 2.69. The molecule has 1 aliphatic rings. The van der Waals surface area contributed by atoms with Gasteiger partial charge in [0.1, 0.15) is 17.2 Å². The summed E-state index contributed by atoms with van der Waals surface area (Å²) in [5.74, 6) is -1.82.